The van der Waals surface area contributed by atoms with Gasteiger partial charge in [-0.2, -0.15) is 0 Å². The van der Waals surface area contributed by atoms with E-state index in [0.717, 1.165) is 16.7 Å². The van der Waals surface area contributed by atoms with E-state index in [2.05, 4.69) is 21.3 Å². The number of nitrogens with one attached hydrogen (secondary N) is 4. The third kappa shape index (κ3) is 15.9. The number of rotatable bonds is 19. The van der Waals surface area contributed by atoms with E-state index in [1.807, 2.05) is 0 Å². The highest BCUT2D eigenvalue weighted by Gasteiger charge is 2.39. The fourth-order valence-corrected chi connectivity index (χ4v) is 6.04. The van der Waals surface area contributed by atoms with Gasteiger partial charge < -0.3 is 48.1 Å². The molecule has 2 aliphatic heterocycles. The van der Waals surface area contributed by atoms with Crippen molar-refractivity contribution in [3.05, 3.63) is 0 Å². The molecule has 2 atom stereocenters. The Bertz CT molecular complexity index is 1210. The molecule has 0 aromatic carbocycles. The van der Waals surface area contributed by atoms with Gasteiger partial charge in [-0.15, -0.1) is 11.8 Å². The highest BCUT2D eigenvalue weighted by Crippen LogP contribution is 2.25. The average Bonchev–Trinajstić information content (AvgIpc) is 3.34. The Kier molecular flexibility index (Phi) is 17.9. The fraction of sp³-hybridized carbons (Fsp3) is 0.704. The van der Waals surface area contributed by atoms with Crippen LogP contribution in [0.5, 0.6) is 0 Å². The van der Waals surface area contributed by atoms with E-state index in [1.165, 1.54) is 0 Å². The molecule has 49 heavy (non-hydrogen) atoms. The van der Waals surface area contributed by atoms with Gasteiger partial charge >= 0.3 is 5.97 Å². The first-order valence-corrected chi connectivity index (χ1v) is 16.5. The van der Waals surface area contributed by atoms with E-state index in [1.54, 1.807) is 14.7 Å². The van der Waals surface area contributed by atoms with Crippen molar-refractivity contribution in [3.8, 4) is 0 Å². The summed E-state index contributed by atoms with van der Waals surface area (Å²) in [4.78, 5) is 103. The van der Waals surface area contributed by atoms with Crippen LogP contribution in [0.2, 0.25) is 0 Å². The van der Waals surface area contributed by atoms with E-state index in [9.17, 15) is 53.7 Å². The molecule has 0 aromatic rings. The van der Waals surface area contributed by atoms with Gasteiger partial charge in [-0.3, -0.25) is 58.0 Å². The standard InChI is InChI=1S/C27H46N10O11S/c28-10-19(38)31-11-20(39)32-12-21(40)33-17(26(29)47)16-49-18-9-23(42)37(27(18)48)2-1-30-22(41)13-34-3-5-35(14-24(43)44)7-8-36(6-4-34)15-25(45)46/h17-18,24,43-44H,1-16,28H2,(H2,29,47)(H,30,41)(H,31,38)(H,32,39)(H,33,40)(H,45,46). The molecule has 0 radical (unpaired) electrons. The Labute approximate surface area is 286 Å². The monoisotopic (exact) mass is 718 g/mol. The van der Waals surface area contributed by atoms with Gasteiger partial charge in [0.05, 0.1) is 38.0 Å². The molecule has 276 valence electrons. The topological polar surface area (TPSA) is 310 Å². The number of thioether (sulfide) groups is 1. The van der Waals surface area contributed by atoms with Gasteiger partial charge in [-0.05, 0) is 0 Å². The van der Waals surface area contributed by atoms with Gasteiger partial charge in [-0.25, -0.2) is 0 Å². The Balaban J connectivity index is 1.80. The summed E-state index contributed by atoms with van der Waals surface area (Å²) < 4.78 is 0. The molecule has 2 heterocycles. The zero-order valence-corrected chi connectivity index (χ0v) is 27.8. The normalized spacial score (nSPS) is 18.7. The molecular weight excluding hydrogens is 672 g/mol. The number of aliphatic hydroxyl groups is 2. The highest BCUT2D eigenvalue weighted by molar-refractivity contribution is 8.00. The molecule has 2 aliphatic rings. The van der Waals surface area contributed by atoms with E-state index in [0.29, 0.717) is 39.3 Å². The van der Waals surface area contributed by atoms with Crippen molar-refractivity contribution < 1.29 is 53.7 Å². The van der Waals surface area contributed by atoms with E-state index >= 15 is 0 Å². The first-order valence-electron chi connectivity index (χ1n) is 15.5. The molecule has 0 saturated carbocycles. The van der Waals surface area contributed by atoms with Crippen molar-refractivity contribution in [2.24, 2.45) is 11.5 Å². The Morgan fingerprint density at radius 3 is 1.96 bits per heavy atom. The zero-order valence-electron chi connectivity index (χ0n) is 27.0. The molecular formula is C27H46N10O11S. The second kappa shape index (κ2) is 21.2. The molecule has 0 aliphatic carbocycles. The lowest BCUT2D eigenvalue weighted by atomic mass is 10.3. The van der Waals surface area contributed by atoms with E-state index in [4.69, 9.17) is 11.5 Å². The van der Waals surface area contributed by atoms with Gasteiger partial charge in [0.2, 0.25) is 41.4 Å². The maximum absolute atomic E-state index is 12.9. The van der Waals surface area contributed by atoms with E-state index in [-0.39, 0.29) is 57.3 Å². The highest BCUT2D eigenvalue weighted by atomic mass is 32.2. The quantitative estimate of drug-likeness (QED) is 0.0442. The number of carboxylic acids is 1. The van der Waals surface area contributed by atoms with Crippen molar-refractivity contribution >= 4 is 59.1 Å². The van der Waals surface area contributed by atoms with Crippen LogP contribution < -0.4 is 32.7 Å². The summed E-state index contributed by atoms with van der Waals surface area (Å²) in [6.07, 6.45) is -1.73. The molecule has 22 heteroatoms. The number of nitrogens with two attached hydrogens (primary N) is 2. The van der Waals surface area contributed by atoms with Gasteiger partial charge in [0.15, 0.2) is 6.29 Å². The number of aliphatic carboxylic acids is 1. The van der Waals surface area contributed by atoms with Gasteiger partial charge in [0, 0.05) is 71.1 Å². The van der Waals surface area contributed by atoms with Crippen LogP contribution in [0, 0.1) is 0 Å². The Hall–Kier alpha value is -3.93. The number of hydrogen-bond acceptors (Lipinski definition) is 15. The number of carbonyl (C=O) groups excluding carboxylic acids is 7. The lowest BCUT2D eigenvalue weighted by molar-refractivity contribution is -0.139. The molecule has 2 saturated heterocycles. The van der Waals surface area contributed by atoms with Gasteiger partial charge in [0.25, 0.3) is 0 Å². The minimum atomic E-state index is -1.57. The molecule has 0 spiro atoms. The number of carbonyl (C=O) groups is 8. The number of β-amino-alcohol motifs (C(OH)–C–C–N with tert-alkyl or cyclic N) is 2. The SMILES string of the molecule is NCC(=O)NCC(=O)NCC(=O)NC(CSC1CC(=O)N(CCNC(=O)CN2CCN(CC(=O)O)CCN(CC(O)O)CC2)C1=O)C(N)=O. The molecule has 7 amide bonds. The van der Waals surface area contributed by atoms with Crippen molar-refractivity contribution in [1.29, 1.82) is 0 Å². The minimum absolute atomic E-state index is 0.0307. The van der Waals surface area contributed by atoms with Crippen LogP contribution in [0.15, 0.2) is 0 Å². The lowest BCUT2D eigenvalue weighted by Gasteiger charge is -2.26. The summed E-state index contributed by atoms with van der Waals surface area (Å²) in [6, 6.07) is -1.22. The summed E-state index contributed by atoms with van der Waals surface area (Å²) >= 11 is 0.948. The summed E-state index contributed by atoms with van der Waals surface area (Å²) in [5.74, 6) is -5.42. The Morgan fingerprint density at radius 1 is 0.816 bits per heavy atom. The van der Waals surface area contributed by atoms with Crippen LogP contribution in [0.25, 0.3) is 0 Å². The molecule has 2 unspecified atom stereocenters. The maximum atomic E-state index is 12.9. The van der Waals surface area contributed by atoms with Crippen LogP contribution in [0.3, 0.4) is 0 Å². The first-order chi connectivity index (χ1) is 23.2. The second-order valence-corrected chi connectivity index (χ2v) is 12.5. The maximum Gasteiger partial charge on any atom is 0.317 e. The first kappa shape index (κ1) is 41.2. The predicted octanol–water partition coefficient (Wildman–Crippen LogP) is -7.56. The van der Waals surface area contributed by atoms with E-state index < -0.39 is 72.1 Å². The molecule has 0 bridgehead atoms. The molecule has 2 fully saturated rings. The summed E-state index contributed by atoms with van der Waals surface area (Å²) in [6.45, 7) is 0.735. The number of primary amides is 1. The minimum Gasteiger partial charge on any atom is -0.480 e. The fourth-order valence-electron chi connectivity index (χ4n) is 4.83. The number of amides is 7. The lowest BCUT2D eigenvalue weighted by Crippen LogP contribution is -2.50. The summed E-state index contributed by atoms with van der Waals surface area (Å²) in [5, 5.41) is 36.6. The number of carboxylic acid groups (broad SMARTS) is 1. The number of imide groups is 1. The zero-order chi connectivity index (χ0) is 36.5. The molecule has 2 rings (SSSR count). The smallest absolute Gasteiger partial charge is 0.317 e. The summed E-state index contributed by atoms with van der Waals surface area (Å²) in [5.41, 5.74) is 10.5. The largest absolute Gasteiger partial charge is 0.480 e. The number of nitrogens with zero attached hydrogens (tertiary/aromatic N) is 4. The second-order valence-electron chi connectivity index (χ2n) is 11.3. The molecule has 11 N–H and O–H groups in total. The van der Waals surface area contributed by atoms with Crippen LogP contribution in [-0.2, 0) is 38.4 Å². The average molecular weight is 719 g/mol. The van der Waals surface area contributed by atoms with Crippen molar-refractivity contribution in [2.75, 3.05) is 97.4 Å². The van der Waals surface area contributed by atoms with Crippen molar-refractivity contribution in [3.63, 3.8) is 0 Å². The van der Waals surface area contributed by atoms with Crippen molar-refractivity contribution in [1.82, 2.24) is 40.9 Å². The molecule has 0 aromatic heterocycles. The van der Waals surface area contributed by atoms with Crippen LogP contribution in [-0.4, -0.2) is 197 Å². The number of aliphatic hydroxyl groups excluding tert-OH is 1. The van der Waals surface area contributed by atoms with Gasteiger partial charge in [-0.1, -0.05) is 0 Å². The summed E-state index contributed by atoms with van der Waals surface area (Å²) in [7, 11) is 0. The Morgan fingerprint density at radius 2 is 1.39 bits per heavy atom. The predicted molar refractivity (Wildman–Crippen MR) is 172 cm³/mol. The van der Waals surface area contributed by atoms with Gasteiger partial charge in [0.1, 0.15) is 6.04 Å². The third-order valence-electron chi connectivity index (χ3n) is 7.43. The van der Waals surface area contributed by atoms with Crippen LogP contribution in [0.1, 0.15) is 6.42 Å². The van der Waals surface area contributed by atoms with Crippen molar-refractivity contribution in [2.45, 2.75) is 24.0 Å². The number of hydrogen-bond donors (Lipinski definition) is 9. The number of likely N-dealkylation sites (tertiary alicyclic amines) is 1. The van der Waals surface area contributed by atoms with Crippen LogP contribution >= 0.6 is 11.8 Å². The third-order valence-corrected chi connectivity index (χ3v) is 8.72. The van der Waals surface area contributed by atoms with Crippen LogP contribution in [0.4, 0.5) is 0 Å². The molecule has 21 nitrogen and oxygen atoms in total.